The highest BCUT2D eigenvalue weighted by Gasteiger charge is 1.94. The zero-order valence-electron chi connectivity index (χ0n) is 8.04. The van der Waals surface area contributed by atoms with Crippen LogP contribution in [-0.4, -0.2) is 28.8 Å². The van der Waals surface area contributed by atoms with E-state index in [0.717, 1.165) is 31.4 Å². The molecule has 0 aliphatic heterocycles. The average molecular weight is 206 g/mol. The number of hydrogen-bond acceptors (Lipinski definition) is 2. The van der Waals surface area contributed by atoms with E-state index in [2.05, 4.69) is 5.32 Å². The van der Waals surface area contributed by atoms with Crippen molar-refractivity contribution in [1.82, 2.24) is 5.32 Å². The van der Waals surface area contributed by atoms with Crippen LogP contribution in [0, 0.1) is 0 Å². The maximum absolute atomic E-state index is 10.7. The molecule has 4 nitrogen and oxygen atoms in total. The molecule has 0 fully saturated rings. The second kappa shape index (κ2) is 8.04. The van der Waals surface area contributed by atoms with Crippen molar-refractivity contribution in [3.05, 3.63) is 0 Å². The van der Waals surface area contributed by atoms with E-state index in [9.17, 15) is 9.00 Å². The average Bonchev–Trinajstić information content (AvgIpc) is 2.01. The van der Waals surface area contributed by atoms with E-state index in [1.54, 1.807) is 6.26 Å². The monoisotopic (exact) mass is 206 g/mol. The van der Waals surface area contributed by atoms with Gasteiger partial charge in [-0.05, 0) is 12.8 Å². The summed E-state index contributed by atoms with van der Waals surface area (Å²) < 4.78 is 10.7. The Hall–Kier alpha value is -0.580. The van der Waals surface area contributed by atoms with Gasteiger partial charge in [-0.25, -0.2) is 4.79 Å². The quantitative estimate of drug-likeness (QED) is 0.598. The van der Waals surface area contributed by atoms with Gasteiger partial charge in [0.1, 0.15) is 0 Å². The fourth-order valence-corrected chi connectivity index (χ4v) is 1.61. The van der Waals surface area contributed by atoms with Gasteiger partial charge in [0.25, 0.3) is 0 Å². The Balaban J connectivity index is 3.00. The van der Waals surface area contributed by atoms with Crippen molar-refractivity contribution in [1.29, 1.82) is 0 Å². The fourth-order valence-electron chi connectivity index (χ4n) is 0.995. The minimum atomic E-state index is -0.670. The Bertz CT molecular complexity index is 156. The zero-order chi connectivity index (χ0) is 10.1. The zero-order valence-corrected chi connectivity index (χ0v) is 8.86. The first-order valence-electron chi connectivity index (χ1n) is 4.46. The highest BCUT2D eigenvalue weighted by Crippen LogP contribution is 1.99. The van der Waals surface area contributed by atoms with E-state index in [1.165, 1.54) is 0 Å². The summed E-state index contributed by atoms with van der Waals surface area (Å²) in [7, 11) is -0.670. The maximum Gasteiger partial charge on any atom is 0.312 e. The number of urea groups is 1. The van der Waals surface area contributed by atoms with Crippen LogP contribution >= 0.6 is 0 Å². The summed E-state index contributed by atoms with van der Waals surface area (Å²) >= 11 is 0. The SMILES string of the molecule is CS(=O)CCCCCCNC(N)=O. The Morgan fingerprint density at radius 3 is 2.46 bits per heavy atom. The van der Waals surface area contributed by atoms with Crippen LogP contribution in [-0.2, 0) is 10.8 Å². The highest BCUT2D eigenvalue weighted by molar-refractivity contribution is 7.84. The normalized spacial score (nSPS) is 12.4. The van der Waals surface area contributed by atoms with Crippen LogP contribution in [0.2, 0.25) is 0 Å². The van der Waals surface area contributed by atoms with Crippen LogP contribution in [0.4, 0.5) is 4.79 Å². The molecule has 0 radical (unpaired) electrons. The highest BCUT2D eigenvalue weighted by atomic mass is 32.2. The van der Waals surface area contributed by atoms with Gasteiger partial charge in [0.2, 0.25) is 0 Å². The minimum Gasteiger partial charge on any atom is -0.352 e. The number of nitrogens with one attached hydrogen (secondary N) is 1. The van der Waals surface area contributed by atoms with E-state index >= 15 is 0 Å². The van der Waals surface area contributed by atoms with Crippen molar-refractivity contribution in [2.45, 2.75) is 25.7 Å². The topological polar surface area (TPSA) is 72.2 Å². The largest absolute Gasteiger partial charge is 0.352 e. The molecular formula is C8H18N2O2S. The molecule has 0 bridgehead atoms. The van der Waals surface area contributed by atoms with Gasteiger partial charge in [0.05, 0.1) is 0 Å². The van der Waals surface area contributed by atoms with Crippen molar-refractivity contribution >= 4 is 16.8 Å². The lowest BCUT2D eigenvalue weighted by atomic mass is 10.2. The molecule has 0 rings (SSSR count). The third-order valence-corrected chi connectivity index (χ3v) is 2.52. The number of unbranched alkanes of at least 4 members (excludes halogenated alkanes) is 3. The molecule has 1 unspecified atom stereocenters. The number of amides is 2. The first-order valence-corrected chi connectivity index (χ1v) is 6.19. The molecule has 0 aromatic rings. The minimum absolute atomic E-state index is 0.463. The Morgan fingerprint density at radius 1 is 1.31 bits per heavy atom. The molecule has 13 heavy (non-hydrogen) atoms. The molecule has 0 heterocycles. The van der Waals surface area contributed by atoms with E-state index < -0.39 is 16.8 Å². The fraction of sp³-hybridized carbons (Fsp3) is 0.875. The summed E-state index contributed by atoms with van der Waals surface area (Å²) in [5, 5.41) is 2.52. The van der Waals surface area contributed by atoms with Crippen molar-refractivity contribution < 1.29 is 9.00 Å². The predicted molar refractivity (Wildman–Crippen MR) is 55.0 cm³/mol. The lowest BCUT2D eigenvalue weighted by Crippen LogP contribution is -2.29. The van der Waals surface area contributed by atoms with Crippen LogP contribution < -0.4 is 11.1 Å². The van der Waals surface area contributed by atoms with Crippen molar-refractivity contribution in [3.8, 4) is 0 Å². The summed E-state index contributed by atoms with van der Waals surface area (Å²) in [6.45, 7) is 0.643. The summed E-state index contributed by atoms with van der Waals surface area (Å²) in [4.78, 5) is 10.2. The van der Waals surface area contributed by atoms with Crippen molar-refractivity contribution in [2.75, 3.05) is 18.6 Å². The van der Waals surface area contributed by atoms with Crippen LogP contribution in [0.5, 0.6) is 0 Å². The smallest absolute Gasteiger partial charge is 0.312 e. The lowest BCUT2D eigenvalue weighted by Gasteiger charge is -2.01. The molecule has 0 aliphatic carbocycles. The second-order valence-electron chi connectivity index (χ2n) is 2.98. The summed E-state index contributed by atoms with van der Waals surface area (Å²) in [5.41, 5.74) is 4.88. The molecule has 5 heteroatoms. The number of hydrogen-bond donors (Lipinski definition) is 2. The third kappa shape index (κ3) is 11.4. The van der Waals surface area contributed by atoms with E-state index in [0.29, 0.717) is 6.54 Å². The van der Waals surface area contributed by atoms with Gasteiger partial charge in [-0.15, -0.1) is 0 Å². The van der Waals surface area contributed by atoms with Gasteiger partial charge in [0, 0.05) is 29.4 Å². The first kappa shape index (κ1) is 12.4. The maximum atomic E-state index is 10.7. The Labute approximate surface area is 81.7 Å². The molecule has 0 aromatic heterocycles. The predicted octanol–water partition coefficient (Wildman–Crippen LogP) is 0.594. The standard InChI is InChI=1S/C8H18N2O2S/c1-13(12)7-5-3-2-4-6-10-8(9)11/h2-7H2,1H3,(H3,9,10,11). The molecule has 0 aromatic carbocycles. The van der Waals surface area contributed by atoms with E-state index in [-0.39, 0.29) is 0 Å². The van der Waals surface area contributed by atoms with Gasteiger partial charge in [0.15, 0.2) is 0 Å². The van der Waals surface area contributed by atoms with Crippen LogP contribution in [0.25, 0.3) is 0 Å². The molecule has 0 aliphatic rings. The first-order chi connectivity index (χ1) is 6.13. The number of carbonyl (C=O) groups excluding carboxylic acids is 1. The molecule has 3 N–H and O–H groups in total. The molecule has 0 saturated heterocycles. The molecule has 2 amide bonds. The Morgan fingerprint density at radius 2 is 1.92 bits per heavy atom. The molecular weight excluding hydrogens is 188 g/mol. The second-order valence-corrected chi connectivity index (χ2v) is 4.54. The van der Waals surface area contributed by atoms with Gasteiger partial charge in [-0.1, -0.05) is 12.8 Å². The number of nitrogens with two attached hydrogens (primary N) is 1. The summed E-state index contributed by atoms with van der Waals surface area (Å²) in [6, 6.07) is -0.463. The lowest BCUT2D eigenvalue weighted by molar-refractivity contribution is 0.248. The molecule has 1 atom stereocenters. The molecule has 0 saturated carbocycles. The van der Waals surface area contributed by atoms with Gasteiger partial charge < -0.3 is 11.1 Å². The number of rotatable bonds is 7. The van der Waals surface area contributed by atoms with Gasteiger partial charge in [-0.2, -0.15) is 0 Å². The number of primary amides is 1. The van der Waals surface area contributed by atoms with Gasteiger partial charge in [-0.3, -0.25) is 4.21 Å². The summed E-state index contributed by atoms with van der Waals surface area (Å²) in [5.74, 6) is 0.781. The molecule has 0 spiro atoms. The van der Waals surface area contributed by atoms with Crippen molar-refractivity contribution in [2.24, 2.45) is 5.73 Å². The van der Waals surface area contributed by atoms with Crippen LogP contribution in [0.3, 0.4) is 0 Å². The van der Waals surface area contributed by atoms with E-state index in [4.69, 9.17) is 5.73 Å². The van der Waals surface area contributed by atoms with Crippen molar-refractivity contribution in [3.63, 3.8) is 0 Å². The van der Waals surface area contributed by atoms with Crippen LogP contribution in [0.15, 0.2) is 0 Å². The summed E-state index contributed by atoms with van der Waals surface area (Å²) in [6.07, 6.45) is 5.78. The molecule has 78 valence electrons. The van der Waals surface area contributed by atoms with Gasteiger partial charge >= 0.3 is 6.03 Å². The van der Waals surface area contributed by atoms with Crippen LogP contribution in [0.1, 0.15) is 25.7 Å². The Kier molecular flexibility index (Phi) is 7.68. The third-order valence-electron chi connectivity index (χ3n) is 1.66. The number of carbonyl (C=O) groups is 1. The van der Waals surface area contributed by atoms with E-state index in [1.807, 2.05) is 0 Å².